The maximum Gasteiger partial charge on any atom is 0.325 e. The topological polar surface area (TPSA) is 49.4 Å². The van der Waals surface area contributed by atoms with E-state index in [9.17, 15) is 9.59 Å². The van der Waals surface area contributed by atoms with Crippen molar-refractivity contribution < 1.29 is 9.59 Å². The molecule has 1 aliphatic heterocycles. The summed E-state index contributed by atoms with van der Waals surface area (Å²) in [7, 11) is 0. The highest BCUT2D eigenvalue weighted by Crippen LogP contribution is 2.35. The van der Waals surface area contributed by atoms with Crippen LogP contribution in [0.5, 0.6) is 0 Å². The molecule has 2 aromatic rings. The monoisotopic (exact) mass is 348 g/mol. The highest BCUT2D eigenvalue weighted by Gasteiger charge is 2.49. The number of carbonyl (C=O) groups excluding carboxylic acids is 2. The Hall–Kier alpha value is -2.04. The summed E-state index contributed by atoms with van der Waals surface area (Å²) < 4.78 is 0. The third-order valence-electron chi connectivity index (χ3n) is 3.93. The summed E-state index contributed by atoms with van der Waals surface area (Å²) in [6.07, 6.45) is 0. The van der Waals surface area contributed by atoms with Gasteiger partial charge >= 0.3 is 6.03 Å². The molecule has 118 valence electrons. The molecular weight excluding hydrogens is 335 g/mol. The number of nitrogens with zero attached hydrogens (tertiary/aromatic N) is 1. The molecule has 0 spiro atoms. The number of hydrogen-bond acceptors (Lipinski definition) is 2. The van der Waals surface area contributed by atoms with Gasteiger partial charge < -0.3 is 5.32 Å². The van der Waals surface area contributed by atoms with Gasteiger partial charge in [-0.15, -0.1) is 0 Å². The highest BCUT2D eigenvalue weighted by atomic mass is 35.5. The van der Waals surface area contributed by atoms with Crippen LogP contribution in [0, 0.1) is 0 Å². The maximum atomic E-state index is 12.8. The van der Waals surface area contributed by atoms with Crippen LogP contribution in [0.25, 0.3) is 0 Å². The lowest BCUT2D eigenvalue weighted by molar-refractivity contribution is -0.131. The van der Waals surface area contributed by atoms with Crippen molar-refractivity contribution in [1.29, 1.82) is 0 Å². The molecule has 2 aromatic carbocycles. The van der Waals surface area contributed by atoms with Gasteiger partial charge in [0.1, 0.15) is 5.54 Å². The van der Waals surface area contributed by atoms with E-state index >= 15 is 0 Å². The van der Waals surface area contributed by atoms with Crippen LogP contribution in [-0.4, -0.2) is 16.8 Å². The van der Waals surface area contributed by atoms with E-state index < -0.39 is 11.6 Å². The first-order chi connectivity index (χ1) is 10.9. The molecule has 3 amide bonds. The first-order valence-electron chi connectivity index (χ1n) is 7.05. The third-order valence-corrected chi connectivity index (χ3v) is 4.48. The van der Waals surface area contributed by atoms with Gasteiger partial charge in [0.05, 0.1) is 6.54 Å². The standard InChI is InChI=1S/C17H14Cl2N2O2/c1-17(13-8-7-12(18)9-14(13)19)15(22)21(16(23)20-17)10-11-5-3-2-4-6-11/h2-9H,10H2,1H3,(H,20,23)/t17-/m1/s1. The molecule has 1 N–H and O–H groups in total. The van der Waals surface area contributed by atoms with E-state index in [0.29, 0.717) is 15.6 Å². The number of hydrogen-bond donors (Lipinski definition) is 1. The van der Waals surface area contributed by atoms with E-state index in [1.165, 1.54) is 4.90 Å². The van der Waals surface area contributed by atoms with Crippen LogP contribution in [0.15, 0.2) is 48.5 Å². The summed E-state index contributed by atoms with van der Waals surface area (Å²) >= 11 is 12.1. The molecule has 6 heteroatoms. The Bertz CT molecular complexity index is 779. The van der Waals surface area contributed by atoms with Crippen LogP contribution in [0.4, 0.5) is 4.79 Å². The van der Waals surface area contributed by atoms with E-state index in [0.717, 1.165) is 5.56 Å². The zero-order valence-electron chi connectivity index (χ0n) is 12.3. The average molecular weight is 349 g/mol. The number of imide groups is 1. The molecule has 0 radical (unpaired) electrons. The van der Waals surface area contributed by atoms with Gasteiger partial charge in [-0.25, -0.2) is 4.79 Å². The van der Waals surface area contributed by atoms with Crippen molar-refractivity contribution in [3.8, 4) is 0 Å². The summed E-state index contributed by atoms with van der Waals surface area (Å²) in [6.45, 7) is 1.86. The van der Waals surface area contributed by atoms with Crippen molar-refractivity contribution in [2.75, 3.05) is 0 Å². The smallest absolute Gasteiger partial charge is 0.319 e. The predicted molar refractivity (Wildman–Crippen MR) is 89.3 cm³/mol. The van der Waals surface area contributed by atoms with Crippen LogP contribution in [0.3, 0.4) is 0 Å². The lowest BCUT2D eigenvalue weighted by atomic mass is 9.92. The molecule has 23 heavy (non-hydrogen) atoms. The molecule has 0 unspecified atom stereocenters. The number of amides is 3. The van der Waals surface area contributed by atoms with Gasteiger partial charge in [-0.05, 0) is 24.6 Å². The highest BCUT2D eigenvalue weighted by molar-refractivity contribution is 6.35. The number of benzene rings is 2. The molecule has 0 aromatic heterocycles. The summed E-state index contributed by atoms with van der Waals surface area (Å²) in [5.74, 6) is -0.337. The van der Waals surface area contributed by atoms with Gasteiger partial charge in [-0.2, -0.15) is 0 Å². The van der Waals surface area contributed by atoms with Crippen molar-refractivity contribution in [1.82, 2.24) is 10.2 Å². The SMILES string of the molecule is C[C@]1(c2ccc(Cl)cc2Cl)NC(=O)N(Cc2ccccc2)C1=O. The Morgan fingerprint density at radius 1 is 1.09 bits per heavy atom. The molecule has 1 atom stereocenters. The minimum atomic E-state index is -1.20. The number of urea groups is 1. The van der Waals surface area contributed by atoms with E-state index in [1.54, 1.807) is 25.1 Å². The molecule has 4 nitrogen and oxygen atoms in total. The molecule has 1 heterocycles. The Kier molecular flexibility index (Phi) is 4.04. The van der Waals surface area contributed by atoms with E-state index in [4.69, 9.17) is 23.2 Å². The van der Waals surface area contributed by atoms with E-state index in [2.05, 4.69) is 5.32 Å². The van der Waals surface area contributed by atoms with Gasteiger partial charge in [-0.3, -0.25) is 9.69 Å². The van der Waals surface area contributed by atoms with Crippen LogP contribution < -0.4 is 5.32 Å². The van der Waals surface area contributed by atoms with Crippen molar-refractivity contribution in [3.63, 3.8) is 0 Å². The fraction of sp³-hybridized carbons (Fsp3) is 0.176. The average Bonchev–Trinajstić information content (AvgIpc) is 2.72. The van der Waals surface area contributed by atoms with E-state index in [-0.39, 0.29) is 12.5 Å². The number of nitrogens with one attached hydrogen (secondary N) is 1. The Labute approximate surface area is 144 Å². The van der Waals surface area contributed by atoms with E-state index in [1.807, 2.05) is 30.3 Å². The van der Waals surface area contributed by atoms with Gasteiger partial charge in [0.25, 0.3) is 5.91 Å². The molecule has 1 aliphatic rings. The van der Waals surface area contributed by atoms with Crippen molar-refractivity contribution in [3.05, 3.63) is 69.7 Å². The zero-order chi connectivity index (χ0) is 16.6. The molecule has 3 rings (SSSR count). The molecule has 0 aliphatic carbocycles. The summed E-state index contributed by atoms with van der Waals surface area (Å²) in [6, 6.07) is 13.8. The molecular formula is C17H14Cl2N2O2. The molecule has 0 saturated carbocycles. The maximum absolute atomic E-state index is 12.8. The second kappa shape index (κ2) is 5.87. The van der Waals surface area contributed by atoms with Crippen molar-refractivity contribution in [2.45, 2.75) is 19.0 Å². The van der Waals surface area contributed by atoms with Crippen molar-refractivity contribution in [2.24, 2.45) is 0 Å². The fourth-order valence-corrected chi connectivity index (χ4v) is 3.28. The van der Waals surface area contributed by atoms with Crippen LogP contribution in [-0.2, 0) is 16.9 Å². The van der Waals surface area contributed by atoms with Crippen LogP contribution >= 0.6 is 23.2 Å². The second-order valence-electron chi connectivity index (χ2n) is 5.56. The Balaban J connectivity index is 1.93. The minimum absolute atomic E-state index is 0.215. The number of carbonyl (C=O) groups is 2. The van der Waals surface area contributed by atoms with Crippen molar-refractivity contribution >= 4 is 35.1 Å². The zero-order valence-corrected chi connectivity index (χ0v) is 13.9. The van der Waals surface area contributed by atoms with Gasteiger partial charge in [0.15, 0.2) is 0 Å². The second-order valence-corrected chi connectivity index (χ2v) is 6.40. The first kappa shape index (κ1) is 15.8. The Morgan fingerprint density at radius 3 is 2.43 bits per heavy atom. The van der Waals surface area contributed by atoms with Gasteiger partial charge in [-0.1, -0.05) is 59.6 Å². The normalized spacial score (nSPS) is 20.7. The van der Waals surface area contributed by atoms with Gasteiger partial charge in [0.2, 0.25) is 0 Å². The Morgan fingerprint density at radius 2 is 1.78 bits per heavy atom. The fourth-order valence-electron chi connectivity index (χ4n) is 2.68. The third kappa shape index (κ3) is 2.80. The summed E-state index contributed by atoms with van der Waals surface area (Å²) in [4.78, 5) is 26.3. The summed E-state index contributed by atoms with van der Waals surface area (Å²) in [5.41, 5.74) is 0.202. The summed E-state index contributed by atoms with van der Waals surface area (Å²) in [5, 5.41) is 3.55. The number of halogens is 2. The largest absolute Gasteiger partial charge is 0.325 e. The number of rotatable bonds is 3. The van der Waals surface area contributed by atoms with Gasteiger partial charge in [0, 0.05) is 15.6 Å². The predicted octanol–water partition coefficient (Wildman–Crippen LogP) is 3.96. The lowest BCUT2D eigenvalue weighted by Crippen LogP contribution is -2.41. The molecule has 1 saturated heterocycles. The first-order valence-corrected chi connectivity index (χ1v) is 7.81. The molecule has 0 bridgehead atoms. The van der Waals surface area contributed by atoms with Crippen LogP contribution in [0.1, 0.15) is 18.1 Å². The quantitative estimate of drug-likeness (QED) is 0.853. The molecule has 1 fully saturated rings. The minimum Gasteiger partial charge on any atom is -0.319 e. The van der Waals surface area contributed by atoms with Crippen LogP contribution in [0.2, 0.25) is 10.0 Å². The lowest BCUT2D eigenvalue weighted by Gasteiger charge is -2.23.